The van der Waals surface area contributed by atoms with Crippen molar-refractivity contribution in [3.8, 4) is 0 Å². The van der Waals surface area contributed by atoms with E-state index in [-0.39, 0.29) is 5.91 Å². The number of ether oxygens (including phenoxy) is 1. The van der Waals surface area contributed by atoms with Crippen LogP contribution in [0, 0.1) is 0 Å². The average Bonchev–Trinajstić information content (AvgIpc) is 3.49. The number of hydrogen-bond acceptors (Lipinski definition) is 8. The monoisotopic (exact) mass is 540 g/mol. The van der Waals surface area contributed by atoms with E-state index in [0.717, 1.165) is 4.88 Å². The zero-order valence-corrected chi connectivity index (χ0v) is 22.6. The van der Waals surface area contributed by atoms with Gasteiger partial charge in [-0.2, -0.15) is 0 Å². The highest BCUT2D eigenvalue weighted by molar-refractivity contribution is 7.92. The van der Waals surface area contributed by atoms with E-state index >= 15 is 0 Å². The van der Waals surface area contributed by atoms with Gasteiger partial charge in [-0.05, 0) is 67.5 Å². The van der Waals surface area contributed by atoms with Gasteiger partial charge in [0.1, 0.15) is 5.92 Å². The number of fused-ring (bicyclic) bond motifs is 1. The van der Waals surface area contributed by atoms with Crippen molar-refractivity contribution in [2.24, 2.45) is 4.99 Å². The topological polar surface area (TPSA) is 108 Å². The van der Waals surface area contributed by atoms with E-state index in [1.807, 2.05) is 36.5 Å². The highest BCUT2D eigenvalue weighted by Gasteiger charge is 2.36. The summed E-state index contributed by atoms with van der Waals surface area (Å²) in [6, 6.07) is 15.7. The molecule has 0 saturated heterocycles. The molecule has 0 fully saturated rings. The number of sulfonamides is 1. The molecule has 1 aliphatic rings. The fraction of sp³-hybridized carbons (Fsp3) is 0.269. The molecule has 1 aromatic heterocycles. The van der Waals surface area contributed by atoms with Gasteiger partial charge in [0.25, 0.3) is 0 Å². The Morgan fingerprint density at radius 1 is 1.11 bits per heavy atom. The van der Waals surface area contributed by atoms with Crippen LogP contribution < -0.4 is 9.62 Å². The number of amides is 1. The molecule has 0 spiro atoms. The number of carbonyl (C=O) groups excluding carboxylic acids is 2. The Kier molecular flexibility index (Phi) is 7.76. The van der Waals surface area contributed by atoms with Crippen LogP contribution in [0.25, 0.3) is 0 Å². The molecule has 1 atom stereocenters. The predicted molar refractivity (Wildman–Crippen MR) is 147 cm³/mol. The molecule has 9 nitrogen and oxygen atoms in total. The van der Waals surface area contributed by atoms with Gasteiger partial charge in [0, 0.05) is 23.7 Å². The van der Waals surface area contributed by atoms with Gasteiger partial charge in [-0.15, -0.1) is 11.3 Å². The van der Waals surface area contributed by atoms with Gasteiger partial charge in [0.15, 0.2) is 0 Å². The Morgan fingerprint density at radius 3 is 2.43 bits per heavy atom. The van der Waals surface area contributed by atoms with Crippen LogP contribution in [0.5, 0.6) is 0 Å². The van der Waals surface area contributed by atoms with E-state index in [9.17, 15) is 18.0 Å². The number of esters is 1. The van der Waals surface area contributed by atoms with Crippen LogP contribution in [0.1, 0.15) is 26.7 Å². The summed E-state index contributed by atoms with van der Waals surface area (Å²) in [6.07, 6.45) is 1.19. The zero-order valence-electron chi connectivity index (χ0n) is 21.0. The molecule has 0 aliphatic carbocycles. The molecule has 1 unspecified atom stereocenters. The quantitative estimate of drug-likeness (QED) is 0.327. The minimum Gasteiger partial charge on any atom is -0.465 e. The van der Waals surface area contributed by atoms with Crippen molar-refractivity contribution < 1.29 is 22.7 Å². The number of likely N-dealkylation sites (N-methyl/N-ethyl adjacent to an activating group) is 1. The highest BCUT2D eigenvalue weighted by atomic mass is 32.2. The largest absolute Gasteiger partial charge is 0.465 e. The van der Waals surface area contributed by atoms with Gasteiger partial charge in [0.2, 0.25) is 15.9 Å². The van der Waals surface area contributed by atoms with Crippen LogP contribution >= 0.6 is 11.3 Å². The molecule has 0 bridgehead atoms. The van der Waals surface area contributed by atoms with Gasteiger partial charge in [-0.1, -0.05) is 12.1 Å². The Bertz CT molecular complexity index is 1430. The molecule has 0 saturated carbocycles. The number of nitrogens with one attached hydrogen (secondary N) is 1. The lowest BCUT2D eigenvalue weighted by Crippen LogP contribution is -2.35. The summed E-state index contributed by atoms with van der Waals surface area (Å²) in [5, 5.41) is 4.77. The second-order valence-corrected chi connectivity index (χ2v) is 11.7. The number of benzene rings is 2. The number of carbonyl (C=O) groups is 2. The molecule has 4 rings (SSSR count). The van der Waals surface area contributed by atoms with Crippen LogP contribution in [0.4, 0.5) is 17.1 Å². The summed E-state index contributed by atoms with van der Waals surface area (Å²) < 4.78 is 30.9. The predicted octanol–water partition coefficient (Wildman–Crippen LogP) is 3.72. The molecular weight excluding hydrogens is 512 g/mol. The zero-order chi connectivity index (χ0) is 26.7. The minimum atomic E-state index is -3.46. The lowest BCUT2D eigenvalue weighted by Gasteiger charge is -2.24. The van der Waals surface area contributed by atoms with Crippen LogP contribution in [0.3, 0.4) is 0 Å². The average molecular weight is 541 g/mol. The maximum atomic E-state index is 13.1. The number of nitrogens with zero attached hydrogens (tertiary/aromatic N) is 3. The van der Waals surface area contributed by atoms with Crippen molar-refractivity contribution in [1.29, 1.82) is 0 Å². The third-order valence-electron chi connectivity index (χ3n) is 5.89. The smallest absolute Gasteiger partial charge is 0.337 e. The normalized spacial score (nSPS) is 15.4. The van der Waals surface area contributed by atoms with Gasteiger partial charge in [-0.25, -0.2) is 13.2 Å². The molecule has 3 aromatic rings. The van der Waals surface area contributed by atoms with E-state index in [4.69, 9.17) is 9.73 Å². The molecule has 1 aliphatic heterocycles. The first-order chi connectivity index (χ1) is 17.6. The number of thiophene rings is 1. The van der Waals surface area contributed by atoms with E-state index in [1.54, 1.807) is 42.5 Å². The summed E-state index contributed by atoms with van der Waals surface area (Å²) in [4.78, 5) is 32.7. The van der Waals surface area contributed by atoms with Gasteiger partial charge in [0.05, 0.1) is 36.0 Å². The maximum absolute atomic E-state index is 13.1. The van der Waals surface area contributed by atoms with Crippen LogP contribution in [-0.4, -0.2) is 71.5 Å². The van der Waals surface area contributed by atoms with Gasteiger partial charge in [-0.3, -0.25) is 14.1 Å². The Balaban J connectivity index is 1.71. The summed E-state index contributed by atoms with van der Waals surface area (Å²) in [6.45, 7) is 0.894. The number of anilines is 2. The Labute approximate surface area is 220 Å². The first-order valence-corrected chi connectivity index (χ1v) is 14.2. The third-order valence-corrected chi connectivity index (χ3v) is 7.98. The Hall–Kier alpha value is -3.54. The van der Waals surface area contributed by atoms with E-state index in [1.165, 1.54) is 29.0 Å². The van der Waals surface area contributed by atoms with E-state index < -0.39 is 21.9 Å². The number of rotatable bonds is 9. The first kappa shape index (κ1) is 26.5. The van der Waals surface area contributed by atoms with Crippen LogP contribution in [0.2, 0.25) is 0 Å². The van der Waals surface area contributed by atoms with E-state index in [2.05, 4.69) is 5.32 Å². The molecule has 2 aromatic carbocycles. The van der Waals surface area contributed by atoms with Crippen LogP contribution in [0.15, 0.2) is 65.0 Å². The number of methoxy groups -OCH3 is 1. The Morgan fingerprint density at radius 2 is 1.84 bits per heavy atom. The standard InChI is InChI=1S/C26H28N4O5S2/c1-29(2)13-14-30(37(4,33)34)19-10-8-18(9-11-19)27-24(22-6-5-15-36-22)23-20-12-7-17(26(32)35-3)16-21(20)28-25(23)31/h5-12,15-16,23H,13-14H2,1-4H3,(H,28,31). The summed E-state index contributed by atoms with van der Waals surface area (Å²) in [7, 11) is 1.62. The van der Waals surface area contributed by atoms with Crippen molar-refractivity contribution in [1.82, 2.24) is 4.90 Å². The molecular formula is C26H28N4O5S2. The van der Waals surface area contributed by atoms with Crippen molar-refractivity contribution in [2.75, 3.05) is 50.2 Å². The van der Waals surface area contributed by atoms with Crippen molar-refractivity contribution in [3.63, 3.8) is 0 Å². The van der Waals surface area contributed by atoms with Gasteiger partial charge < -0.3 is 15.0 Å². The van der Waals surface area contributed by atoms with Gasteiger partial charge >= 0.3 is 5.97 Å². The third kappa shape index (κ3) is 5.90. The van der Waals surface area contributed by atoms with Crippen molar-refractivity contribution in [2.45, 2.75) is 5.92 Å². The lowest BCUT2D eigenvalue weighted by atomic mass is 9.93. The summed E-state index contributed by atoms with van der Waals surface area (Å²) in [5.41, 5.74) is 3.30. The molecule has 194 valence electrons. The molecule has 1 amide bonds. The lowest BCUT2D eigenvalue weighted by molar-refractivity contribution is -0.115. The molecule has 0 radical (unpaired) electrons. The SMILES string of the molecule is COC(=O)c1ccc2c(c1)NC(=O)C2C(=Nc1ccc(N(CCN(C)C)S(C)(=O)=O)cc1)c1cccs1. The maximum Gasteiger partial charge on any atom is 0.337 e. The van der Waals surface area contributed by atoms with E-state index in [0.29, 0.717) is 47.0 Å². The highest BCUT2D eigenvalue weighted by Crippen LogP contribution is 2.38. The van der Waals surface area contributed by atoms with Crippen LogP contribution in [-0.2, 0) is 19.6 Å². The molecule has 11 heteroatoms. The molecule has 2 heterocycles. The summed E-state index contributed by atoms with van der Waals surface area (Å²) >= 11 is 1.47. The molecule has 1 N–H and O–H groups in total. The fourth-order valence-corrected chi connectivity index (χ4v) is 5.74. The second-order valence-electron chi connectivity index (χ2n) is 8.85. The second kappa shape index (κ2) is 10.8. The van der Waals surface area contributed by atoms with Crippen molar-refractivity contribution >= 4 is 56.0 Å². The first-order valence-electron chi connectivity index (χ1n) is 11.5. The fourth-order valence-electron chi connectivity index (χ4n) is 4.07. The number of hydrogen-bond donors (Lipinski definition) is 1. The summed E-state index contributed by atoms with van der Waals surface area (Å²) in [5.74, 6) is -1.40. The van der Waals surface area contributed by atoms with Crippen molar-refractivity contribution in [3.05, 3.63) is 76.0 Å². The number of aliphatic imine (C=N–C) groups is 1. The molecule has 37 heavy (non-hydrogen) atoms. The minimum absolute atomic E-state index is 0.243.